The zero-order valence-electron chi connectivity index (χ0n) is 7.71. The molecule has 0 aliphatic carbocycles. The second kappa shape index (κ2) is 7.05. The summed E-state index contributed by atoms with van der Waals surface area (Å²) < 4.78 is 16.5. The maximum absolute atomic E-state index is 12.0. The molecule has 0 unspecified atom stereocenters. The summed E-state index contributed by atoms with van der Waals surface area (Å²) in [6.07, 6.45) is 0. The summed E-state index contributed by atoms with van der Waals surface area (Å²) in [6, 6.07) is 6.21. The third kappa shape index (κ3) is 3.55. The summed E-state index contributed by atoms with van der Waals surface area (Å²) >= 11 is 0. The van der Waals surface area contributed by atoms with Crippen molar-refractivity contribution in [2.45, 2.75) is 0 Å². The number of carbonyl (C=O) groups is 1. The largest absolute Gasteiger partial charge is 0.465 e. The Hall–Kier alpha value is -1.40. The van der Waals surface area contributed by atoms with Gasteiger partial charge in [0, 0.05) is 0 Å². The Morgan fingerprint density at radius 1 is 1.29 bits per heavy atom. The van der Waals surface area contributed by atoms with E-state index in [2.05, 4.69) is 4.74 Å². The molecule has 0 fully saturated rings. The fraction of sp³-hybridized carbons (Fsp3) is 0.125. The molecule has 14 heavy (non-hydrogen) atoms. The van der Waals surface area contributed by atoms with E-state index in [4.69, 9.17) is 0 Å². The van der Waals surface area contributed by atoms with E-state index in [1.54, 1.807) is 24.3 Å². The Labute approximate surface area is 81.6 Å². The summed E-state index contributed by atoms with van der Waals surface area (Å²) in [5, 5.41) is 0. The molecule has 0 saturated heterocycles. The highest BCUT2D eigenvalue weighted by Gasteiger charge is 2.03. The average molecular weight is 202 g/mol. The quantitative estimate of drug-likeness (QED) is 0.443. The molecule has 0 aliphatic rings. The van der Waals surface area contributed by atoms with Crippen LogP contribution in [0.15, 0.2) is 24.3 Å². The van der Waals surface area contributed by atoms with Crippen molar-refractivity contribution in [3.63, 3.8) is 0 Å². The highest BCUT2D eigenvalue weighted by molar-refractivity contribution is 6.46. The summed E-state index contributed by atoms with van der Waals surface area (Å²) in [5.41, 5.74) is 0.998. The van der Waals surface area contributed by atoms with E-state index < -0.39 is 13.5 Å². The lowest BCUT2D eigenvalue weighted by atomic mass is 9.91. The number of benzene rings is 1. The van der Waals surface area contributed by atoms with E-state index in [-0.39, 0.29) is 11.0 Å². The second-order valence-corrected chi connectivity index (χ2v) is 2.32. The number of carbonyl (C=O) groups excluding carboxylic acids is 1. The number of ether oxygens (including phenoxy) is 1. The molecule has 0 heterocycles. The number of esters is 1. The molecule has 4 nitrogen and oxygen atoms in total. The van der Waals surface area contributed by atoms with Crippen molar-refractivity contribution in [2.75, 3.05) is 7.11 Å². The first-order valence-electron chi connectivity index (χ1n) is 3.51. The van der Waals surface area contributed by atoms with Crippen LogP contribution in [0.4, 0.5) is 4.32 Å². The van der Waals surface area contributed by atoms with E-state index in [1.165, 1.54) is 7.11 Å². The van der Waals surface area contributed by atoms with Crippen molar-refractivity contribution in [1.29, 1.82) is 0 Å². The van der Waals surface area contributed by atoms with Crippen molar-refractivity contribution in [1.82, 2.24) is 0 Å². The standard InChI is InChI=1S/C8H8BFO2.2H2O/c1-12-8(11)6-2-4-7(9-10)5-3-6;;/h2-5,9H,1H3;2*1H2. The van der Waals surface area contributed by atoms with Gasteiger partial charge in [-0.05, 0) is 17.6 Å². The smallest absolute Gasteiger partial charge is 0.364 e. The minimum atomic E-state index is -0.512. The highest BCUT2D eigenvalue weighted by Crippen LogP contribution is 1.98. The maximum atomic E-state index is 12.0. The normalized spacial score (nSPS) is 7.86. The lowest BCUT2D eigenvalue weighted by molar-refractivity contribution is 0.0601. The first-order valence-corrected chi connectivity index (χ1v) is 3.51. The number of methoxy groups -OCH3 is 1. The van der Waals surface area contributed by atoms with Gasteiger partial charge in [0.05, 0.1) is 12.7 Å². The number of hydrogen-bond donors (Lipinski definition) is 0. The molecule has 1 rings (SSSR count). The van der Waals surface area contributed by atoms with Gasteiger partial charge in [-0.15, -0.1) is 0 Å². The van der Waals surface area contributed by atoms with Crippen molar-refractivity contribution in [2.24, 2.45) is 0 Å². The molecular formula is C8H12BFO4. The maximum Gasteiger partial charge on any atom is 0.364 e. The summed E-state index contributed by atoms with van der Waals surface area (Å²) in [6.45, 7) is 0. The van der Waals surface area contributed by atoms with Crippen LogP contribution in [-0.4, -0.2) is 31.6 Å². The summed E-state index contributed by atoms with van der Waals surface area (Å²) in [4.78, 5) is 10.9. The molecule has 0 amide bonds. The highest BCUT2D eigenvalue weighted by atomic mass is 19.1. The van der Waals surface area contributed by atoms with Gasteiger partial charge in [-0.2, -0.15) is 0 Å². The van der Waals surface area contributed by atoms with E-state index in [0.29, 0.717) is 11.0 Å². The van der Waals surface area contributed by atoms with Crippen LogP contribution >= 0.6 is 0 Å². The predicted octanol–water partition coefficient (Wildman–Crippen LogP) is -1.23. The molecule has 1 aromatic rings. The van der Waals surface area contributed by atoms with Gasteiger partial charge in [0.15, 0.2) is 0 Å². The van der Waals surface area contributed by atoms with Gasteiger partial charge in [-0.25, -0.2) is 4.79 Å². The van der Waals surface area contributed by atoms with Gasteiger partial charge >= 0.3 is 13.5 Å². The Balaban J connectivity index is 0. The molecular weight excluding hydrogens is 190 g/mol. The van der Waals surface area contributed by atoms with Crippen LogP contribution in [0, 0.1) is 0 Å². The molecule has 0 saturated carbocycles. The number of hydrogen-bond acceptors (Lipinski definition) is 2. The minimum Gasteiger partial charge on any atom is -0.465 e. The van der Waals surface area contributed by atoms with Crippen LogP contribution in [0.1, 0.15) is 10.4 Å². The van der Waals surface area contributed by atoms with Crippen LogP contribution in [0.25, 0.3) is 0 Å². The Bertz CT molecular complexity index is 275. The summed E-state index contributed by atoms with van der Waals surface area (Å²) in [5.74, 6) is -0.402. The molecule has 0 aromatic heterocycles. The Kier molecular flexibility index (Phi) is 7.60. The second-order valence-electron chi connectivity index (χ2n) is 2.32. The molecule has 4 N–H and O–H groups in total. The molecule has 1 aromatic carbocycles. The van der Waals surface area contributed by atoms with Crippen molar-refractivity contribution in [3.05, 3.63) is 29.8 Å². The van der Waals surface area contributed by atoms with E-state index in [9.17, 15) is 9.11 Å². The zero-order valence-corrected chi connectivity index (χ0v) is 7.71. The van der Waals surface area contributed by atoms with Gasteiger partial charge < -0.3 is 20.0 Å². The van der Waals surface area contributed by atoms with Gasteiger partial charge in [0.1, 0.15) is 0 Å². The molecule has 0 radical (unpaired) electrons. The van der Waals surface area contributed by atoms with E-state index >= 15 is 0 Å². The SMILES string of the molecule is COC(=O)c1ccc(BF)cc1.O.O. The lowest BCUT2D eigenvalue weighted by Gasteiger charge is -1.98. The third-order valence-electron chi connectivity index (χ3n) is 1.53. The van der Waals surface area contributed by atoms with Gasteiger partial charge in [-0.3, -0.25) is 0 Å². The molecule has 0 spiro atoms. The van der Waals surface area contributed by atoms with Crippen molar-refractivity contribution >= 4 is 19.0 Å². The van der Waals surface area contributed by atoms with Gasteiger partial charge in [-0.1, -0.05) is 12.1 Å². The van der Waals surface area contributed by atoms with Crippen LogP contribution < -0.4 is 5.46 Å². The fourth-order valence-corrected chi connectivity index (χ4v) is 0.848. The number of halogens is 1. The lowest BCUT2D eigenvalue weighted by Crippen LogP contribution is -2.10. The van der Waals surface area contributed by atoms with Crippen molar-refractivity contribution < 1.29 is 24.8 Å². The van der Waals surface area contributed by atoms with Gasteiger partial charge in [0.2, 0.25) is 0 Å². The predicted molar refractivity (Wildman–Crippen MR) is 52.9 cm³/mol. The van der Waals surface area contributed by atoms with Crippen molar-refractivity contribution in [3.8, 4) is 0 Å². The topological polar surface area (TPSA) is 89.3 Å². The van der Waals surface area contributed by atoms with Gasteiger partial charge in [0.25, 0.3) is 0 Å². The molecule has 0 aliphatic heterocycles. The van der Waals surface area contributed by atoms with Crippen LogP contribution in [0.3, 0.4) is 0 Å². The van der Waals surface area contributed by atoms with Crippen LogP contribution in [-0.2, 0) is 4.74 Å². The monoisotopic (exact) mass is 202 g/mol. The summed E-state index contributed by atoms with van der Waals surface area (Å²) in [7, 11) is 0.798. The Morgan fingerprint density at radius 3 is 2.14 bits per heavy atom. The van der Waals surface area contributed by atoms with Crippen LogP contribution in [0.5, 0.6) is 0 Å². The van der Waals surface area contributed by atoms with E-state index in [1.807, 2.05) is 0 Å². The zero-order chi connectivity index (χ0) is 8.97. The molecule has 0 atom stereocenters. The molecule has 0 bridgehead atoms. The van der Waals surface area contributed by atoms with Crippen LogP contribution in [0.2, 0.25) is 0 Å². The Morgan fingerprint density at radius 2 is 1.79 bits per heavy atom. The fourth-order valence-electron chi connectivity index (χ4n) is 0.848. The minimum absolute atomic E-state index is 0. The average Bonchev–Trinajstić information content (AvgIpc) is 2.17. The molecule has 78 valence electrons. The first kappa shape index (κ1) is 15.1. The number of rotatable bonds is 2. The van der Waals surface area contributed by atoms with E-state index in [0.717, 1.165) is 0 Å². The molecule has 6 heteroatoms. The first-order chi connectivity index (χ1) is 5.77. The third-order valence-corrected chi connectivity index (χ3v) is 1.53.